The third kappa shape index (κ3) is 4.33. The van der Waals surface area contributed by atoms with Crippen molar-refractivity contribution < 1.29 is 4.42 Å². The number of benzene rings is 9. The first-order chi connectivity index (χ1) is 30.2. The second-order valence-corrected chi connectivity index (χ2v) is 15.4. The first kappa shape index (κ1) is 33.2. The number of para-hydroxylation sites is 2. The molecule has 0 N–H and O–H groups in total. The summed E-state index contributed by atoms with van der Waals surface area (Å²) in [5.74, 6) is 0. The van der Waals surface area contributed by atoms with E-state index in [4.69, 9.17) is 16.0 Å². The number of hydrogen-bond acceptors (Lipinski definition) is 4. The van der Waals surface area contributed by atoms with E-state index in [0.29, 0.717) is 28.2 Å². The Hall–Kier alpha value is -8.78. The molecular weight excluding hydrogens is 749 g/mol. The molecule has 9 aromatic carbocycles. The summed E-state index contributed by atoms with van der Waals surface area (Å²) in [6.07, 6.45) is 3.50. The van der Waals surface area contributed by atoms with Gasteiger partial charge in [-0.15, -0.1) is 0 Å². The average Bonchev–Trinajstić information content (AvgIpc) is 3.99. The molecule has 7 heteroatoms. The zero-order valence-corrected chi connectivity index (χ0v) is 32.3. The summed E-state index contributed by atoms with van der Waals surface area (Å²) < 4.78 is 11.0. The third-order valence-electron chi connectivity index (χ3n) is 12.5. The number of aromatic nitrogens is 4. The van der Waals surface area contributed by atoms with Gasteiger partial charge in [-0.25, -0.2) is 14.8 Å². The molecule has 13 rings (SSSR count). The van der Waals surface area contributed by atoms with E-state index in [0.717, 1.165) is 104 Å². The van der Waals surface area contributed by atoms with Crippen LogP contribution in [0.4, 0.5) is 5.69 Å². The number of rotatable bonds is 4. The van der Waals surface area contributed by atoms with Crippen molar-refractivity contribution in [3.05, 3.63) is 187 Å². The fourth-order valence-electron chi connectivity index (χ4n) is 10.2. The predicted octanol–water partition coefficient (Wildman–Crippen LogP) is 14.1. The van der Waals surface area contributed by atoms with Gasteiger partial charge in [-0.2, -0.15) is 5.26 Å². The van der Waals surface area contributed by atoms with Gasteiger partial charge in [0.25, 0.3) is 0 Å². The van der Waals surface area contributed by atoms with Gasteiger partial charge in [0.05, 0.1) is 51.1 Å². The van der Waals surface area contributed by atoms with Gasteiger partial charge < -0.3 is 13.6 Å². The molecule has 0 amide bonds. The predicted molar refractivity (Wildman–Crippen MR) is 246 cm³/mol. The van der Waals surface area contributed by atoms with Crippen LogP contribution >= 0.6 is 0 Å². The molecule has 280 valence electrons. The smallest absolute Gasteiger partial charge is 0.220 e. The van der Waals surface area contributed by atoms with Crippen LogP contribution in [-0.2, 0) is 0 Å². The van der Waals surface area contributed by atoms with Crippen LogP contribution in [0.3, 0.4) is 0 Å². The highest BCUT2D eigenvalue weighted by Crippen LogP contribution is 2.54. The monoisotopic (exact) mass is 776 g/mol. The van der Waals surface area contributed by atoms with E-state index in [1.807, 2.05) is 79.0 Å². The SMILES string of the molecule is [C-]#[N+]c1c(-c2ccccc2)c(C#N)c(-n2c3ccccc3c3c4c(ccc32)oc2ccccc24)c(-c2ccccc2)c1-n1c2cccc3c4cncnc4c4cccc1c4c32. The van der Waals surface area contributed by atoms with Crippen molar-refractivity contribution in [3.8, 4) is 39.7 Å². The fraction of sp³-hybridized carbons (Fsp3) is 0. The molecular formula is C54H28N6O. The zero-order chi connectivity index (χ0) is 40.3. The molecule has 0 bridgehead atoms. The Morgan fingerprint density at radius 2 is 1.10 bits per heavy atom. The summed E-state index contributed by atoms with van der Waals surface area (Å²) in [5.41, 5.74) is 11.4. The Bertz CT molecular complexity index is 3980. The molecule has 0 unspecified atom stereocenters. The van der Waals surface area contributed by atoms with Gasteiger partial charge in [0.15, 0.2) is 0 Å². The lowest BCUT2D eigenvalue weighted by molar-refractivity contribution is 0.669. The van der Waals surface area contributed by atoms with E-state index < -0.39 is 0 Å². The number of fused-ring (bicyclic) bond motifs is 10. The highest BCUT2D eigenvalue weighted by atomic mass is 16.3. The summed E-state index contributed by atoms with van der Waals surface area (Å²) in [5, 5.41) is 21.0. The molecule has 7 nitrogen and oxygen atoms in total. The number of hydrogen-bond donors (Lipinski definition) is 0. The molecule has 0 fully saturated rings. The molecule has 61 heavy (non-hydrogen) atoms. The van der Waals surface area contributed by atoms with Crippen LogP contribution in [0.2, 0.25) is 0 Å². The Balaban J connectivity index is 1.32. The van der Waals surface area contributed by atoms with Crippen LogP contribution in [0.5, 0.6) is 0 Å². The topological polar surface area (TPSA) is 76.9 Å². The zero-order valence-electron chi connectivity index (χ0n) is 32.3. The van der Waals surface area contributed by atoms with Gasteiger partial charge >= 0.3 is 0 Å². The minimum Gasteiger partial charge on any atom is -0.456 e. The van der Waals surface area contributed by atoms with Crippen molar-refractivity contribution >= 4 is 92.9 Å². The first-order valence-electron chi connectivity index (χ1n) is 20.1. The molecule has 13 aromatic rings. The molecule has 4 aromatic heterocycles. The van der Waals surface area contributed by atoms with E-state index >= 15 is 0 Å². The lowest BCUT2D eigenvalue weighted by Crippen LogP contribution is -2.08. The van der Waals surface area contributed by atoms with E-state index in [-0.39, 0.29) is 0 Å². The summed E-state index contributed by atoms with van der Waals surface area (Å²) in [4.78, 5) is 13.7. The second kappa shape index (κ2) is 12.4. The van der Waals surface area contributed by atoms with Gasteiger partial charge in [-0.3, -0.25) is 0 Å². The number of nitrogens with zero attached hydrogens (tertiary/aromatic N) is 6. The van der Waals surface area contributed by atoms with Crippen LogP contribution in [0.1, 0.15) is 5.56 Å². The highest BCUT2D eigenvalue weighted by Gasteiger charge is 2.32. The van der Waals surface area contributed by atoms with E-state index in [1.165, 1.54) is 0 Å². The van der Waals surface area contributed by atoms with Crippen molar-refractivity contribution in [1.82, 2.24) is 19.1 Å². The molecule has 0 aliphatic heterocycles. The molecule has 4 heterocycles. The standard InChI is InChI=1S/C54H28N6O/c1-56-52-45(31-14-4-2-5-15-31)37(28-55)53(59-39-22-10-8-18-34(39)48-42(59)26-27-44-50(48)35-19-9-11-25-43(35)61-44)46(32-16-6-3-7-17-32)54(52)60-40-23-12-20-33-38-29-57-30-58-51(38)36-21-13-24-41(60)49(36)47(33)40/h2-27,29-30H. The second-order valence-electron chi connectivity index (χ2n) is 15.4. The minimum absolute atomic E-state index is 0.389. The van der Waals surface area contributed by atoms with E-state index in [1.54, 1.807) is 6.33 Å². The molecule has 0 spiro atoms. The normalized spacial score (nSPS) is 11.9. The van der Waals surface area contributed by atoms with Crippen LogP contribution in [-0.4, -0.2) is 19.1 Å². The van der Waals surface area contributed by atoms with Crippen LogP contribution < -0.4 is 0 Å². The first-order valence-corrected chi connectivity index (χ1v) is 20.1. The fourth-order valence-corrected chi connectivity index (χ4v) is 10.2. The molecule has 0 aliphatic rings. The largest absolute Gasteiger partial charge is 0.456 e. The third-order valence-corrected chi connectivity index (χ3v) is 12.5. The van der Waals surface area contributed by atoms with Gasteiger partial charge in [-0.1, -0.05) is 121 Å². The summed E-state index contributed by atoms with van der Waals surface area (Å²) in [6.45, 7) is 9.15. The van der Waals surface area contributed by atoms with Crippen molar-refractivity contribution in [2.75, 3.05) is 0 Å². The maximum atomic E-state index is 11.7. The van der Waals surface area contributed by atoms with Crippen molar-refractivity contribution in [1.29, 1.82) is 5.26 Å². The number of furan rings is 1. The van der Waals surface area contributed by atoms with Crippen molar-refractivity contribution in [2.45, 2.75) is 0 Å². The van der Waals surface area contributed by atoms with Gasteiger partial charge in [-0.05, 0) is 52.9 Å². The number of nitriles is 1. The van der Waals surface area contributed by atoms with Crippen molar-refractivity contribution in [3.63, 3.8) is 0 Å². The molecule has 0 saturated heterocycles. The Morgan fingerprint density at radius 3 is 1.85 bits per heavy atom. The van der Waals surface area contributed by atoms with Crippen LogP contribution in [0.15, 0.2) is 175 Å². The molecule has 0 atom stereocenters. The Morgan fingerprint density at radius 1 is 0.508 bits per heavy atom. The van der Waals surface area contributed by atoms with Gasteiger partial charge in [0.1, 0.15) is 23.6 Å². The highest BCUT2D eigenvalue weighted by molar-refractivity contribution is 6.34. The Labute approximate surface area is 347 Å². The summed E-state index contributed by atoms with van der Waals surface area (Å²) in [7, 11) is 0. The minimum atomic E-state index is 0.389. The van der Waals surface area contributed by atoms with E-state index in [2.05, 4.69) is 110 Å². The Kier molecular flexibility index (Phi) is 6.73. The van der Waals surface area contributed by atoms with Gasteiger partial charge in [0.2, 0.25) is 5.69 Å². The molecule has 0 radical (unpaired) electrons. The maximum Gasteiger partial charge on any atom is 0.220 e. The van der Waals surface area contributed by atoms with Gasteiger partial charge in [0, 0.05) is 60.4 Å². The quantitative estimate of drug-likeness (QED) is 0.132. The lowest BCUT2D eigenvalue weighted by atomic mass is 9.88. The maximum absolute atomic E-state index is 11.7. The summed E-state index contributed by atoms with van der Waals surface area (Å²) >= 11 is 0. The van der Waals surface area contributed by atoms with Crippen LogP contribution in [0, 0.1) is 17.9 Å². The summed E-state index contributed by atoms with van der Waals surface area (Å²) in [6, 6.07) is 56.2. The van der Waals surface area contributed by atoms with Crippen LogP contribution in [0.25, 0.3) is 126 Å². The molecule has 0 saturated carbocycles. The van der Waals surface area contributed by atoms with E-state index in [9.17, 15) is 5.26 Å². The van der Waals surface area contributed by atoms with Crippen molar-refractivity contribution in [2.24, 2.45) is 0 Å². The average molecular weight is 777 g/mol. The molecule has 0 aliphatic carbocycles. The lowest BCUT2D eigenvalue weighted by Gasteiger charge is -2.25.